The second-order valence-electron chi connectivity index (χ2n) is 4.21. The van der Waals surface area contributed by atoms with Crippen molar-refractivity contribution in [2.24, 2.45) is 5.73 Å². The zero-order valence-corrected chi connectivity index (χ0v) is 11.9. The molecule has 0 aliphatic rings. The third-order valence-electron chi connectivity index (χ3n) is 2.57. The Labute approximate surface area is 121 Å². The number of phenols is 1. The molecule has 2 atom stereocenters. The summed E-state index contributed by atoms with van der Waals surface area (Å²) >= 11 is 0.965. The Morgan fingerprint density at radius 1 is 1.35 bits per heavy atom. The van der Waals surface area contributed by atoms with Crippen LogP contribution in [0.25, 0.3) is 0 Å². The molecule has 0 aliphatic carbocycles. The van der Waals surface area contributed by atoms with Crippen LogP contribution in [0.15, 0.2) is 24.3 Å². The highest BCUT2D eigenvalue weighted by Crippen LogP contribution is 2.21. The number of amides is 1. The third-order valence-corrected chi connectivity index (χ3v) is 3.53. The van der Waals surface area contributed by atoms with Crippen molar-refractivity contribution in [3.63, 3.8) is 0 Å². The highest BCUT2D eigenvalue weighted by molar-refractivity contribution is 8.13. The molecule has 20 heavy (non-hydrogen) atoms. The van der Waals surface area contributed by atoms with Gasteiger partial charge in [-0.15, -0.1) is 0 Å². The standard InChI is InChI=1S/C13H18N2O4S/c1-8(16)15-6-7-20-13(19)11(14)12(18)9-2-4-10(17)5-3-9/h2-5,11-12,17-18H,6-7,14H2,1H3,(H,15,16)/t11-,12-/m1/s1. The van der Waals surface area contributed by atoms with Crippen LogP contribution in [0.5, 0.6) is 5.75 Å². The van der Waals surface area contributed by atoms with Crippen molar-refractivity contribution in [1.82, 2.24) is 5.32 Å². The molecule has 0 unspecified atom stereocenters. The molecule has 1 aromatic rings. The van der Waals surface area contributed by atoms with Crippen LogP contribution >= 0.6 is 11.8 Å². The van der Waals surface area contributed by atoms with E-state index in [2.05, 4.69) is 5.32 Å². The SMILES string of the molecule is CC(=O)NCCSC(=O)[C@H](N)[C@H](O)c1ccc(O)cc1. The molecule has 0 radical (unpaired) electrons. The fraction of sp³-hybridized carbons (Fsp3) is 0.385. The number of hydrogen-bond donors (Lipinski definition) is 4. The minimum Gasteiger partial charge on any atom is -0.508 e. The van der Waals surface area contributed by atoms with Crippen LogP contribution in [0.1, 0.15) is 18.6 Å². The van der Waals surface area contributed by atoms with Crippen molar-refractivity contribution in [1.29, 1.82) is 0 Å². The van der Waals surface area contributed by atoms with Gasteiger partial charge in [0.05, 0.1) is 0 Å². The summed E-state index contributed by atoms with van der Waals surface area (Å²) in [6.45, 7) is 1.76. The van der Waals surface area contributed by atoms with E-state index in [4.69, 9.17) is 10.8 Å². The summed E-state index contributed by atoms with van der Waals surface area (Å²) in [6.07, 6.45) is -1.13. The first-order valence-electron chi connectivity index (χ1n) is 6.05. The number of aliphatic hydroxyl groups is 1. The number of benzene rings is 1. The number of aromatic hydroxyl groups is 1. The van der Waals surface area contributed by atoms with Crippen LogP contribution in [0, 0.1) is 0 Å². The van der Waals surface area contributed by atoms with Gasteiger partial charge in [-0.3, -0.25) is 9.59 Å². The van der Waals surface area contributed by atoms with Gasteiger partial charge in [0.2, 0.25) is 11.0 Å². The van der Waals surface area contributed by atoms with E-state index in [9.17, 15) is 14.7 Å². The highest BCUT2D eigenvalue weighted by atomic mass is 32.2. The van der Waals surface area contributed by atoms with E-state index < -0.39 is 12.1 Å². The van der Waals surface area contributed by atoms with Gasteiger partial charge in [-0.25, -0.2) is 0 Å². The summed E-state index contributed by atoms with van der Waals surface area (Å²) in [6, 6.07) is 4.80. The van der Waals surface area contributed by atoms with Crippen molar-refractivity contribution in [2.45, 2.75) is 19.1 Å². The predicted octanol–water partition coefficient (Wildman–Crippen LogP) is 0.149. The molecule has 0 aliphatic heterocycles. The molecule has 0 spiro atoms. The average Bonchev–Trinajstić information content (AvgIpc) is 2.42. The normalized spacial score (nSPS) is 13.6. The number of thioether (sulfide) groups is 1. The van der Waals surface area contributed by atoms with E-state index in [0.29, 0.717) is 17.9 Å². The number of rotatable bonds is 6. The van der Waals surface area contributed by atoms with Gasteiger partial charge >= 0.3 is 0 Å². The second-order valence-corrected chi connectivity index (χ2v) is 5.31. The predicted molar refractivity (Wildman–Crippen MR) is 77.2 cm³/mol. The minimum atomic E-state index is -1.13. The molecule has 0 bridgehead atoms. The van der Waals surface area contributed by atoms with E-state index >= 15 is 0 Å². The van der Waals surface area contributed by atoms with Gasteiger partial charge in [0.1, 0.15) is 17.9 Å². The Bertz CT molecular complexity index is 464. The van der Waals surface area contributed by atoms with E-state index in [1.165, 1.54) is 31.2 Å². The molecule has 0 fully saturated rings. The maximum absolute atomic E-state index is 11.8. The first-order valence-corrected chi connectivity index (χ1v) is 7.04. The zero-order chi connectivity index (χ0) is 15.1. The monoisotopic (exact) mass is 298 g/mol. The Morgan fingerprint density at radius 2 is 1.95 bits per heavy atom. The zero-order valence-electron chi connectivity index (χ0n) is 11.1. The van der Waals surface area contributed by atoms with Crippen LogP contribution in [-0.4, -0.2) is 39.6 Å². The quantitative estimate of drug-likeness (QED) is 0.556. The maximum atomic E-state index is 11.8. The fourth-order valence-corrected chi connectivity index (χ4v) is 2.21. The molecule has 5 N–H and O–H groups in total. The molecule has 110 valence electrons. The first kappa shape index (κ1) is 16.5. The molecule has 6 nitrogen and oxygen atoms in total. The van der Waals surface area contributed by atoms with Crippen molar-refractivity contribution in [3.8, 4) is 5.75 Å². The van der Waals surface area contributed by atoms with Crippen LogP contribution in [0.2, 0.25) is 0 Å². The van der Waals surface area contributed by atoms with Crippen molar-refractivity contribution >= 4 is 22.8 Å². The molecule has 1 aromatic carbocycles. The Balaban J connectivity index is 2.47. The summed E-state index contributed by atoms with van der Waals surface area (Å²) in [5, 5.41) is 21.4. The lowest BCUT2D eigenvalue weighted by Gasteiger charge is -2.17. The number of carbonyl (C=O) groups excluding carboxylic acids is 2. The lowest BCUT2D eigenvalue weighted by molar-refractivity contribution is -0.119. The Morgan fingerprint density at radius 3 is 2.50 bits per heavy atom. The second kappa shape index (κ2) is 7.88. The molecule has 0 heterocycles. The summed E-state index contributed by atoms with van der Waals surface area (Å²) < 4.78 is 0. The van der Waals surface area contributed by atoms with Gasteiger partial charge < -0.3 is 21.3 Å². The summed E-state index contributed by atoms with van der Waals surface area (Å²) in [5.74, 6) is 0.311. The van der Waals surface area contributed by atoms with Crippen LogP contribution in [-0.2, 0) is 9.59 Å². The van der Waals surface area contributed by atoms with Crippen molar-refractivity contribution in [3.05, 3.63) is 29.8 Å². The van der Waals surface area contributed by atoms with Gasteiger partial charge in [-0.05, 0) is 17.7 Å². The smallest absolute Gasteiger partial charge is 0.216 e. The number of carbonyl (C=O) groups is 2. The fourth-order valence-electron chi connectivity index (χ4n) is 1.48. The summed E-state index contributed by atoms with van der Waals surface area (Å²) in [4.78, 5) is 22.4. The van der Waals surface area contributed by atoms with E-state index in [-0.39, 0.29) is 16.8 Å². The van der Waals surface area contributed by atoms with Crippen LogP contribution < -0.4 is 11.1 Å². The van der Waals surface area contributed by atoms with E-state index in [1.54, 1.807) is 0 Å². The number of hydrogen-bond acceptors (Lipinski definition) is 6. The lowest BCUT2D eigenvalue weighted by atomic mass is 10.0. The molecular weight excluding hydrogens is 280 g/mol. The van der Waals surface area contributed by atoms with Crippen molar-refractivity contribution in [2.75, 3.05) is 12.3 Å². The molecule has 0 aromatic heterocycles. The lowest BCUT2D eigenvalue weighted by Crippen LogP contribution is -2.35. The van der Waals surface area contributed by atoms with Gasteiger partial charge in [0.25, 0.3) is 0 Å². The first-order chi connectivity index (χ1) is 9.41. The van der Waals surface area contributed by atoms with Gasteiger partial charge in [-0.2, -0.15) is 0 Å². The molecule has 1 amide bonds. The van der Waals surface area contributed by atoms with Crippen LogP contribution in [0.3, 0.4) is 0 Å². The summed E-state index contributed by atoms with van der Waals surface area (Å²) in [7, 11) is 0. The van der Waals surface area contributed by atoms with Gasteiger partial charge in [-0.1, -0.05) is 23.9 Å². The number of nitrogens with one attached hydrogen (secondary N) is 1. The average molecular weight is 298 g/mol. The minimum absolute atomic E-state index is 0.0746. The van der Waals surface area contributed by atoms with E-state index in [0.717, 1.165) is 11.8 Å². The maximum Gasteiger partial charge on any atom is 0.216 e. The van der Waals surface area contributed by atoms with E-state index in [1.807, 2.05) is 0 Å². The Kier molecular flexibility index (Phi) is 6.50. The number of nitrogens with two attached hydrogens (primary N) is 1. The largest absolute Gasteiger partial charge is 0.508 e. The third kappa shape index (κ3) is 5.20. The Hall–Kier alpha value is -1.57. The highest BCUT2D eigenvalue weighted by Gasteiger charge is 2.24. The molecule has 0 saturated carbocycles. The number of aliphatic hydroxyl groups excluding tert-OH is 1. The molecular formula is C13H18N2O4S. The van der Waals surface area contributed by atoms with Gasteiger partial charge in [0.15, 0.2) is 0 Å². The molecule has 0 saturated heterocycles. The molecule has 7 heteroatoms. The number of phenolic OH excluding ortho intramolecular Hbond substituents is 1. The summed E-state index contributed by atoms with van der Waals surface area (Å²) in [5.41, 5.74) is 6.17. The van der Waals surface area contributed by atoms with Crippen molar-refractivity contribution < 1.29 is 19.8 Å². The van der Waals surface area contributed by atoms with Gasteiger partial charge in [0, 0.05) is 19.2 Å². The topological polar surface area (TPSA) is 113 Å². The van der Waals surface area contributed by atoms with Crippen LogP contribution in [0.4, 0.5) is 0 Å². The molecule has 1 rings (SSSR count).